The molecule has 1 amide bonds. The van der Waals surface area contributed by atoms with Crippen LogP contribution in [0, 0.1) is 0 Å². The van der Waals surface area contributed by atoms with Crippen molar-refractivity contribution >= 4 is 22.4 Å². The van der Waals surface area contributed by atoms with Crippen LogP contribution in [-0.4, -0.2) is 12.5 Å². The highest BCUT2D eigenvalue weighted by atomic mass is 19.3. The predicted octanol–water partition coefficient (Wildman–Crippen LogP) is 5.87. The smallest absolute Gasteiger partial charge is 0.387 e. The van der Waals surface area contributed by atoms with Crippen molar-refractivity contribution in [2.24, 2.45) is 0 Å². The number of carbonyl (C=O) groups is 1. The molecule has 0 aliphatic rings. The fraction of sp³-hybridized carbons (Fsp3) is 0.0870. The third-order valence-corrected chi connectivity index (χ3v) is 4.36. The van der Waals surface area contributed by atoms with Gasteiger partial charge in [-0.1, -0.05) is 48.5 Å². The molecule has 1 aromatic heterocycles. The molecule has 3 aromatic carbocycles. The molecular weight excluding hydrogens is 392 g/mol. The van der Waals surface area contributed by atoms with Crippen molar-refractivity contribution in [2.45, 2.75) is 13.2 Å². The van der Waals surface area contributed by atoms with Gasteiger partial charge >= 0.3 is 6.61 Å². The second-order valence-corrected chi connectivity index (χ2v) is 6.36. The van der Waals surface area contributed by atoms with Gasteiger partial charge in [0.1, 0.15) is 23.9 Å². The van der Waals surface area contributed by atoms with E-state index in [9.17, 15) is 13.6 Å². The number of hydrogen-bond donors (Lipinski definition) is 1. The SMILES string of the molecule is O=C(Nc1ccccc1OC(F)F)c1ccc(COc2cccc3ccccc23)o1. The van der Waals surface area contributed by atoms with Crippen LogP contribution in [0.1, 0.15) is 16.3 Å². The van der Waals surface area contributed by atoms with Crippen LogP contribution >= 0.6 is 0 Å². The normalized spacial score (nSPS) is 10.9. The number of amides is 1. The number of nitrogens with one attached hydrogen (secondary N) is 1. The number of carbonyl (C=O) groups excluding carboxylic acids is 1. The maximum absolute atomic E-state index is 12.5. The minimum Gasteiger partial charge on any atom is -0.485 e. The largest absolute Gasteiger partial charge is 0.485 e. The maximum atomic E-state index is 12.5. The zero-order valence-electron chi connectivity index (χ0n) is 15.7. The number of furan rings is 1. The van der Waals surface area contributed by atoms with E-state index in [0.717, 1.165) is 10.8 Å². The lowest BCUT2D eigenvalue weighted by molar-refractivity contribution is -0.0493. The van der Waals surface area contributed by atoms with Crippen molar-refractivity contribution in [1.29, 1.82) is 0 Å². The van der Waals surface area contributed by atoms with Gasteiger partial charge in [-0.15, -0.1) is 0 Å². The number of alkyl halides is 2. The van der Waals surface area contributed by atoms with Gasteiger partial charge in [0, 0.05) is 5.39 Å². The number of fused-ring (bicyclic) bond motifs is 1. The highest BCUT2D eigenvalue weighted by molar-refractivity contribution is 6.03. The zero-order chi connectivity index (χ0) is 20.9. The van der Waals surface area contributed by atoms with Crippen LogP contribution in [0.25, 0.3) is 10.8 Å². The van der Waals surface area contributed by atoms with E-state index >= 15 is 0 Å². The highest BCUT2D eigenvalue weighted by Gasteiger charge is 2.16. The molecule has 0 bridgehead atoms. The molecule has 4 rings (SSSR count). The van der Waals surface area contributed by atoms with Crippen molar-refractivity contribution in [3.63, 3.8) is 0 Å². The van der Waals surface area contributed by atoms with Gasteiger partial charge in [-0.2, -0.15) is 8.78 Å². The molecule has 0 saturated heterocycles. The minimum absolute atomic E-state index is 0.0263. The topological polar surface area (TPSA) is 60.7 Å². The first-order chi connectivity index (χ1) is 14.6. The summed E-state index contributed by atoms with van der Waals surface area (Å²) >= 11 is 0. The number of anilines is 1. The summed E-state index contributed by atoms with van der Waals surface area (Å²) in [6, 6.07) is 22.6. The quantitative estimate of drug-likeness (QED) is 0.415. The molecule has 152 valence electrons. The number of ether oxygens (including phenoxy) is 2. The molecule has 1 N–H and O–H groups in total. The predicted molar refractivity (Wildman–Crippen MR) is 108 cm³/mol. The summed E-state index contributed by atoms with van der Waals surface area (Å²) in [5.74, 6) is 0.459. The van der Waals surface area contributed by atoms with E-state index in [1.807, 2.05) is 42.5 Å². The van der Waals surface area contributed by atoms with Crippen molar-refractivity contribution < 1.29 is 27.5 Å². The number of benzene rings is 3. The molecule has 5 nitrogen and oxygen atoms in total. The minimum atomic E-state index is -3.00. The summed E-state index contributed by atoms with van der Waals surface area (Å²) in [7, 11) is 0. The molecule has 7 heteroatoms. The third-order valence-electron chi connectivity index (χ3n) is 4.36. The van der Waals surface area contributed by atoms with Crippen LogP contribution in [0.3, 0.4) is 0 Å². The zero-order valence-corrected chi connectivity index (χ0v) is 15.7. The fourth-order valence-electron chi connectivity index (χ4n) is 3.00. The Morgan fingerprint density at radius 3 is 2.50 bits per heavy atom. The van der Waals surface area contributed by atoms with Crippen LogP contribution in [0.2, 0.25) is 0 Å². The van der Waals surface area contributed by atoms with Crippen molar-refractivity contribution in [1.82, 2.24) is 0 Å². The number of rotatable bonds is 7. The first kappa shape index (κ1) is 19.4. The van der Waals surface area contributed by atoms with Gasteiger partial charge in [0.15, 0.2) is 5.76 Å². The van der Waals surface area contributed by atoms with Crippen LogP contribution in [0.5, 0.6) is 11.5 Å². The van der Waals surface area contributed by atoms with Crippen LogP contribution in [-0.2, 0) is 6.61 Å². The van der Waals surface area contributed by atoms with Crippen molar-refractivity contribution in [2.75, 3.05) is 5.32 Å². The molecule has 0 saturated carbocycles. The Morgan fingerprint density at radius 2 is 1.63 bits per heavy atom. The lowest BCUT2D eigenvalue weighted by Gasteiger charge is -2.10. The molecule has 30 heavy (non-hydrogen) atoms. The monoisotopic (exact) mass is 409 g/mol. The van der Waals surface area contributed by atoms with Gasteiger partial charge in [0.25, 0.3) is 5.91 Å². The Bertz CT molecular complexity index is 1170. The molecule has 0 aliphatic carbocycles. The molecule has 0 fully saturated rings. The molecule has 0 aliphatic heterocycles. The van der Waals surface area contributed by atoms with Gasteiger partial charge in [-0.05, 0) is 35.7 Å². The van der Waals surface area contributed by atoms with Gasteiger partial charge in [0.05, 0.1) is 5.69 Å². The molecule has 0 unspecified atom stereocenters. The molecule has 4 aromatic rings. The Kier molecular flexibility index (Phi) is 5.61. The van der Waals surface area contributed by atoms with Crippen molar-refractivity contribution in [3.8, 4) is 11.5 Å². The van der Waals surface area contributed by atoms with E-state index in [1.54, 1.807) is 12.1 Å². The van der Waals surface area contributed by atoms with Crippen LogP contribution < -0.4 is 14.8 Å². The summed E-state index contributed by atoms with van der Waals surface area (Å²) < 4.78 is 40.8. The average molecular weight is 409 g/mol. The maximum Gasteiger partial charge on any atom is 0.387 e. The summed E-state index contributed by atoms with van der Waals surface area (Å²) in [5, 5.41) is 4.54. The molecule has 0 spiro atoms. The second kappa shape index (κ2) is 8.65. The molecule has 0 atom stereocenters. The first-order valence-electron chi connectivity index (χ1n) is 9.14. The third kappa shape index (κ3) is 4.41. The lowest BCUT2D eigenvalue weighted by Crippen LogP contribution is -2.13. The van der Waals surface area contributed by atoms with Gasteiger partial charge < -0.3 is 19.2 Å². The van der Waals surface area contributed by atoms with E-state index in [1.165, 1.54) is 24.3 Å². The Hall–Kier alpha value is -3.87. The number of para-hydroxylation sites is 2. The van der Waals surface area contributed by atoms with E-state index in [-0.39, 0.29) is 23.8 Å². The van der Waals surface area contributed by atoms with E-state index in [2.05, 4.69) is 10.1 Å². The summed E-state index contributed by atoms with van der Waals surface area (Å²) in [4.78, 5) is 12.4. The fourth-order valence-corrected chi connectivity index (χ4v) is 3.00. The first-order valence-corrected chi connectivity index (χ1v) is 9.14. The van der Waals surface area contributed by atoms with E-state index in [4.69, 9.17) is 9.15 Å². The van der Waals surface area contributed by atoms with Crippen LogP contribution in [0.4, 0.5) is 14.5 Å². The standard InChI is InChI=1S/C23H17F2NO4/c24-23(25)30-20-10-4-3-9-18(20)26-22(27)21-13-12-16(29-21)14-28-19-11-5-7-15-6-1-2-8-17(15)19/h1-13,23H,14H2,(H,26,27). The molecule has 0 radical (unpaired) electrons. The van der Waals surface area contributed by atoms with E-state index in [0.29, 0.717) is 11.5 Å². The number of halogens is 2. The lowest BCUT2D eigenvalue weighted by atomic mass is 10.1. The average Bonchev–Trinajstić information content (AvgIpc) is 3.22. The highest BCUT2D eigenvalue weighted by Crippen LogP contribution is 2.27. The summed E-state index contributed by atoms with van der Waals surface area (Å²) in [5.41, 5.74) is 0.118. The van der Waals surface area contributed by atoms with Gasteiger partial charge in [-0.3, -0.25) is 4.79 Å². The Labute approximate surface area is 170 Å². The molecular formula is C23H17F2NO4. The van der Waals surface area contributed by atoms with Gasteiger partial charge in [0.2, 0.25) is 0 Å². The summed E-state index contributed by atoms with van der Waals surface area (Å²) in [6.07, 6.45) is 0. The Balaban J connectivity index is 1.43. The number of hydrogen-bond acceptors (Lipinski definition) is 4. The Morgan fingerprint density at radius 1 is 0.900 bits per heavy atom. The van der Waals surface area contributed by atoms with Gasteiger partial charge in [-0.25, -0.2) is 0 Å². The van der Waals surface area contributed by atoms with Crippen molar-refractivity contribution in [3.05, 3.63) is 90.4 Å². The summed E-state index contributed by atoms with van der Waals surface area (Å²) in [6.45, 7) is -2.86. The molecule has 1 heterocycles. The second-order valence-electron chi connectivity index (χ2n) is 6.36. The van der Waals surface area contributed by atoms with E-state index < -0.39 is 12.5 Å². The van der Waals surface area contributed by atoms with Crippen LogP contribution in [0.15, 0.2) is 83.3 Å².